The highest BCUT2D eigenvalue weighted by Gasteiger charge is 2.41. The van der Waals surface area contributed by atoms with Crippen LogP contribution in [0.5, 0.6) is 0 Å². The van der Waals surface area contributed by atoms with Crippen LogP contribution in [-0.2, 0) is 20.9 Å². The second-order valence-corrected chi connectivity index (χ2v) is 7.65. The topological polar surface area (TPSA) is 53.1 Å². The average molecular weight is 359 g/mol. The Labute approximate surface area is 155 Å². The van der Waals surface area contributed by atoms with Crippen molar-refractivity contribution >= 4 is 17.6 Å². The molecule has 26 heavy (non-hydrogen) atoms. The molecule has 142 valence electrons. The van der Waals surface area contributed by atoms with Gasteiger partial charge in [-0.25, -0.2) is 0 Å². The summed E-state index contributed by atoms with van der Waals surface area (Å²) in [6.07, 6.45) is 0.435. The Morgan fingerprint density at radius 3 is 2.19 bits per heavy atom. The molecular formula is C20H29N3O3. The minimum atomic E-state index is -0.316. The molecule has 0 aliphatic carbocycles. The molecule has 0 radical (unpaired) electrons. The van der Waals surface area contributed by atoms with E-state index in [9.17, 15) is 9.59 Å². The van der Waals surface area contributed by atoms with Crippen molar-refractivity contribution in [2.24, 2.45) is 11.8 Å². The first-order chi connectivity index (χ1) is 12.5. The standard InChI is InChI=1S/C20H29N3O3/c1-21(2)18-6-4-15(5-7-18)10-22-11-16-13-23(14-17(16)12-22)19(24)8-9-20(25)26-3/h4-7,16-17H,8-14H2,1-3H3/t16-,17+. The Morgan fingerprint density at radius 2 is 1.65 bits per heavy atom. The number of likely N-dealkylation sites (tertiary alicyclic amines) is 2. The van der Waals surface area contributed by atoms with Crippen molar-refractivity contribution in [2.75, 3.05) is 52.3 Å². The number of carbonyl (C=O) groups is 2. The van der Waals surface area contributed by atoms with Gasteiger partial charge >= 0.3 is 5.97 Å². The fraction of sp³-hybridized carbons (Fsp3) is 0.600. The van der Waals surface area contributed by atoms with Gasteiger partial charge in [-0.05, 0) is 29.5 Å². The summed E-state index contributed by atoms with van der Waals surface area (Å²) in [4.78, 5) is 30.0. The molecule has 1 amide bonds. The van der Waals surface area contributed by atoms with Gasteiger partial charge in [-0.3, -0.25) is 14.5 Å². The first kappa shape index (κ1) is 18.7. The van der Waals surface area contributed by atoms with Gasteiger partial charge in [0.15, 0.2) is 0 Å². The number of fused-ring (bicyclic) bond motifs is 1. The smallest absolute Gasteiger partial charge is 0.306 e. The van der Waals surface area contributed by atoms with Crippen molar-refractivity contribution in [3.63, 3.8) is 0 Å². The summed E-state index contributed by atoms with van der Waals surface area (Å²) in [5.74, 6) is 0.871. The van der Waals surface area contributed by atoms with Crippen LogP contribution in [0.15, 0.2) is 24.3 Å². The van der Waals surface area contributed by atoms with Crippen molar-refractivity contribution in [2.45, 2.75) is 19.4 Å². The molecule has 2 aliphatic heterocycles. The second kappa shape index (κ2) is 8.08. The first-order valence-corrected chi connectivity index (χ1v) is 9.29. The lowest BCUT2D eigenvalue weighted by Gasteiger charge is -2.22. The maximum Gasteiger partial charge on any atom is 0.306 e. The van der Waals surface area contributed by atoms with Gasteiger partial charge in [0.2, 0.25) is 5.91 Å². The van der Waals surface area contributed by atoms with E-state index in [-0.39, 0.29) is 24.7 Å². The summed E-state index contributed by atoms with van der Waals surface area (Å²) in [5.41, 5.74) is 2.55. The first-order valence-electron chi connectivity index (χ1n) is 9.29. The van der Waals surface area contributed by atoms with Crippen LogP contribution in [0.4, 0.5) is 5.69 Å². The lowest BCUT2D eigenvalue weighted by atomic mass is 10.0. The average Bonchev–Trinajstić information content (AvgIpc) is 3.18. The summed E-state index contributed by atoms with van der Waals surface area (Å²) in [6.45, 7) is 4.69. The molecule has 0 aromatic heterocycles. The molecule has 0 unspecified atom stereocenters. The SMILES string of the molecule is COC(=O)CCC(=O)N1C[C@H]2CN(Cc3ccc(N(C)C)cc3)C[C@H]2C1. The van der Waals surface area contributed by atoms with Crippen LogP contribution in [0.1, 0.15) is 18.4 Å². The number of nitrogens with zero attached hydrogens (tertiary/aromatic N) is 3. The minimum Gasteiger partial charge on any atom is -0.469 e. The summed E-state index contributed by atoms with van der Waals surface area (Å²) in [6, 6.07) is 8.72. The number of hydrogen-bond donors (Lipinski definition) is 0. The Bertz CT molecular complexity index is 630. The Balaban J connectivity index is 1.46. The molecule has 2 saturated heterocycles. The molecule has 3 rings (SSSR count). The van der Waals surface area contributed by atoms with Crippen LogP contribution in [0.2, 0.25) is 0 Å². The predicted molar refractivity (Wildman–Crippen MR) is 101 cm³/mol. The van der Waals surface area contributed by atoms with Gasteiger partial charge in [0.25, 0.3) is 0 Å². The Kier molecular flexibility index (Phi) is 5.81. The molecule has 6 heteroatoms. The lowest BCUT2D eigenvalue weighted by molar-refractivity contribution is -0.143. The van der Waals surface area contributed by atoms with E-state index < -0.39 is 0 Å². The molecular weight excluding hydrogens is 330 g/mol. The third-order valence-electron chi connectivity index (χ3n) is 5.54. The summed E-state index contributed by atoms with van der Waals surface area (Å²) in [5, 5.41) is 0. The molecule has 2 heterocycles. The number of esters is 1. The van der Waals surface area contributed by atoms with Gasteiger partial charge in [-0.1, -0.05) is 12.1 Å². The van der Waals surface area contributed by atoms with E-state index in [0.717, 1.165) is 32.7 Å². The molecule has 0 spiro atoms. The molecule has 1 aromatic rings. The van der Waals surface area contributed by atoms with E-state index in [1.165, 1.54) is 18.4 Å². The van der Waals surface area contributed by atoms with Crippen molar-refractivity contribution in [1.29, 1.82) is 0 Å². The molecule has 2 fully saturated rings. The molecule has 1 aromatic carbocycles. The number of carbonyl (C=O) groups excluding carboxylic acids is 2. The molecule has 2 aliphatic rings. The number of amides is 1. The van der Waals surface area contributed by atoms with Crippen molar-refractivity contribution in [1.82, 2.24) is 9.80 Å². The molecule has 0 N–H and O–H groups in total. The Morgan fingerprint density at radius 1 is 1.04 bits per heavy atom. The van der Waals surface area contributed by atoms with Crippen LogP contribution in [-0.4, -0.2) is 69.1 Å². The number of hydrogen-bond acceptors (Lipinski definition) is 5. The van der Waals surface area contributed by atoms with Crippen molar-refractivity contribution in [3.05, 3.63) is 29.8 Å². The molecule has 0 saturated carbocycles. The van der Waals surface area contributed by atoms with Gasteiger partial charge in [0, 0.05) is 58.9 Å². The fourth-order valence-corrected chi connectivity index (χ4v) is 4.05. The molecule has 2 atom stereocenters. The summed E-state index contributed by atoms with van der Waals surface area (Å²) >= 11 is 0. The zero-order chi connectivity index (χ0) is 18.7. The molecule has 6 nitrogen and oxygen atoms in total. The monoisotopic (exact) mass is 359 g/mol. The number of rotatable bonds is 6. The Hall–Kier alpha value is -2.08. The van der Waals surface area contributed by atoms with Crippen LogP contribution in [0, 0.1) is 11.8 Å². The van der Waals surface area contributed by atoms with Crippen LogP contribution in [0.25, 0.3) is 0 Å². The highest BCUT2D eigenvalue weighted by molar-refractivity contribution is 5.81. The van der Waals surface area contributed by atoms with E-state index in [0.29, 0.717) is 11.8 Å². The van der Waals surface area contributed by atoms with Gasteiger partial charge in [0.1, 0.15) is 0 Å². The van der Waals surface area contributed by atoms with Crippen molar-refractivity contribution in [3.8, 4) is 0 Å². The third-order valence-corrected chi connectivity index (χ3v) is 5.54. The van der Waals surface area contributed by atoms with Crippen LogP contribution in [0.3, 0.4) is 0 Å². The predicted octanol–water partition coefficient (Wildman–Crippen LogP) is 1.60. The maximum atomic E-state index is 12.3. The second-order valence-electron chi connectivity index (χ2n) is 7.65. The zero-order valence-electron chi connectivity index (χ0n) is 16.0. The van der Waals surface area contributed by atoms with Crippen molar-refractivity contribution < 1.29 is 14.3 Å². The lowest BCUT2D eigenvalue weighted by Crippen LogP contribution is -2.33. The quantitative estimate of drug-likeness (QED) is 0.722. The number of ether oxygens (including phenoxy) is 1. The van der Waals surface area contributed by atoms with E-state index in [4.69, 9.17) is 0 Å². The van der Waals surface area contributed by atoms with E-state index in [1.807, 2.05) is 4.90 Å². The van der Waals surface area contributed by atoms with E-state index in [2.05, 4.69) is 52.9 Å². The summed E-state index contributed by atoms with van der Waals surface area (Å²) in [7, 11) is 5.46. The van der Waals surface area contributed by atoms with Gasteiger partial charge < -0.3 is 14.5 Å². The number of benzene rings is 1. The van der Waals surface area contributed by atoms with Gasteiger partial charge in [-0.2, -0.15) is 0 Å². The van der Waals surface area contributed by atoms with Gasteiger partial charge in [0.05, 0.1) is 13.5 Å². The van der Waals surface area contributed by atoms with Crippen LogP contribution < -0.4 is 4.90 Å². The minimum absolute atomic E-state index is 0.0793. The summed E-state index contributed by atoms with van der Waals surface area (Å²) < 4.78 is 4.61. The fourth-order valence-electron chi connectivity index (χ4n) is 4.05. The zero-order valence-corrected chi connectivity index (χ0v) is 16.0. The van der Waals surface area contributed by atoms with Crippen LogP contribution >= 0.6 is 0 Å². The normalized spacial score (nSPS) is 22.3. The highest BCUT2D eigenvalue weighted by Crippen LogP contribution is 2.32. The van der Waals surface area contributed by atoms with E-state index in [1.54, 1.807) is 0 Å². The largest absolute Gasteiger partial charge is 0.469 e. The number of methoxy groups -OCH3 is 1. The third kappa shape index (κ3) is 4.36. The number of anilines is 1. The van der Waals surface area contributed by atoms with E-state index >= 15 is 0 Å². The van der Waals surface area contributed by atoms with Gasteiger partial charge in [-0.15, -0.1) is 0 Å². The maximum absolute atomic E-state index is 12.3. The molecule has 0 bridgehead atoms. The highest BCUT2D eigenvalue weighted by atomic mass is 16.5.